The Morgan fingerprint density at radius 3 is 2.87 bits per heavy atom. The molecule has 2 saturated heterocycles. The molecule has 1 unspecified atom stereocenters. The second-order valence-corrected chi connectivity index (χ2v) is 6.42. The first-order chi connectivity index (χ1) is 11.0. The summed E-state index contributed by atoms with van der Waals surface area (Å²) < 4.78 is 10.8. The number of hydrogen-bond acceptors (Lipinski definition) is 4. The summed E-state index contributed by atoms with van der Waals surface area (Å²) in [5.41, 5.74) is 0.407. The van der Waals surface area contributed by atoms with Gasteiger partial charge in [0.15, 0.2) is 0 Å². The lowest BCUT2D eigenvalue weighted by Gasteiger charge is -2.30. The highest BCUT2D eigenvalue weighted by molar-refractivity contribution is 5.97. The van der Waals surface area contributed by atoms with Crippen molar-refractivity contribution < 1.29 is 19.1 Å². The molecule has 124 valence electrons. The second kappa shape index (κ2) is 6.20. The first kappa shape index (κ1) is 15.8. The van der Waals surface area contributed by atoms with Gasteiger partial charge in [-0.05, 0) is 18.6 Å². The molecule has 2 fully saturated rings. The van der Waals surface area contributed by atoms with Crippen LogP contribution in [0.15, 0.2) is 24.3 Å². The van der Waals surface area contributed by atoms with E-state index in [9.17, 15) is 9.59 Å². The Hall–Kier alpha value is -2.08. The molecule has 0 aromatic heterocycles. The van der Waals surface area contributed by atoms with E-state index in [1.807, 2.05) is 17.0 Å². The molecule has 6 heteroatoms. The molecule has 0 radical (unpaired) electrons. The number of ether oxygens (including phenoxy) is 2. The number of para-hydroxylation sites is 1. The average Bonchev–Trinajstić information content (AvgIpc) is 2.91. The van der Waals surface area contributed by atoms with Gasteiger partial charge in [-0.1, -0.05) is 12.1 Å². The van der Waals surface area contributed by atoms with E-state index in [4.69, 9.17) is 9.47 Å². The van der Waals surface area contributed by atoms with Crippen molar-refractivity contribution in [3.05, 3.63) is 29.8 Å². The molecule has 3 rings (SSSR count). The summed E-state index contributed by atoms with van der Waals surface area (Å²) in [7, 11) is 3.36. The highest BCUT2D eigenvalue weighted by Crippen LogP contribution is 2.34. The highest BCUT2D eigenvalue weighted by atomic mass is 16.5. The zero-order chi connectivity index (χ0) is 16.4. The van der Waals surface area contributed by atoms with Gasteiger partial charge in [0, 0.05) is 32.1 Å². The standard InChI is InChI=1S/C17H22N2O4/c1-18-10-17(12-23-9-15(18)20)7-8-19(11-17)16(21)13-5-3-4-6-14(13)22-2/h3-6H,7-12H2,1-2H3. The van der Waals surface area contributed by atoms with Crippen LogP contribution >= 0.6 is 0 Å². The summed E-state index contributed by atoms with van der Waals surface area (Å²) in [5.74, 6) is 0.553. The van der Waals surface area contributed by atoms with Crippen molar-refractivity contribution in [3.63, 3.8) is 0 Å². The van der Waals surface area contributed by atoms with Gasteiger partial charge < -0.3 is 19.3 Å². The smallest absolute Gasteiger partial charge is 0.257 e. The summed E-state index contributed by atoms with van der Waals surface area (Å²) in [4.78, 5) is 28.1. The largest absolute Gasteiger partial charge is 0.496 e. The van der Waals surface area contributed by atoms with E-state index in [1.165, 1.54) is 0 Å². The SMILES string of the molecule is COc1ccccc1C(=O)N1CCC2(COCC(=O)N(C)C2)C1. The van der Waals surface area contributed by atoms with Crippen LogP contribution in [0.5, 0.6) is 5.75 Å². The number of methoxy groups -OCH3 is 1. The Bertz CT molecular complexity index is 618. The number of nitrogens with zero attached hydrogens (tertiary/aromatic N) is 2. The lowest BCUT2D eigenvalue weighted by atomic mass is 9.88. The van der Waals surface area contributed by atoms with Crippen LogP contribution in [-0.4, -0.2) is 68.6 Å². The van der Waals surface area contributed by atoms with Crippen LogP contribution < -0.4 is 4.74 Å². The Balaban J connectivity index is 1.76. The van der Waals surface area contributed by atoms with Crippen molar-refractivity contribution in [2.24, 2.45) is 5.41 Å². The van der Waals surface area contributed by atoms with E-state index in [0.717, 1.165) is 6.42 Å². The molecule has 2 aliphatic rings. The van der Waals surface area contributed by atoms with Crippen molar-refractivity contribution in [2.45, 2.75) is 6.42 Å². The summed E-state index contributed by atoms with van der Waals surface area (Å²) >= 11 is 0. The van der Waals surface area contributed by atoms with Crippen LogP contribution in [0.2, 0.25) is 0 Å². The van der Waals surface area contributed by atoms with Gasteiger partial charge in [-0.25, -0.2) is 0 Å². The molecule has 1 atom stereocenters. The van der Waals surface area contributed by atoms with Crippen molar-refractivity contribution in [1.29, 1.82) is 0 Å². The Kier molecular flexibility index (Phi) is 4.26. The average molecular weight is 318 g/mol. The Labute approximate surface area is 136 Å². The normalized spacial score (nSPS) is 24.9. The topological polar surface area (TPSA) is 59.1 Å². The summed E-state index contributed by atoms with van der Waals surface area (Å²) in [6.07, 6.45) is 0.839. The van der Waals surface area contributed by atoms with E-state index >= 15 is 0 Å². The van der Waals surface area contributed by atoms with Crippen LogP contribution in [0.1, 0.15) is 16.8 Å². The zero-order valence-corrected chi connectivity index (χ0v) is 13.6. The quantitative estimate of drug-likeness (QED) is 0.817. The van der Waals surface area contributed by atoms with E-state index < -0.39 is 0 Å². The van der Waals surface area contributed by atoms with E-state index in [0.29, 0.717) is 37.6 Å². The van der Waals surface area contributed by atoms with Gasteiger partial charge in [-0.3, -0.25) is 9.59 Å². The fourth-order valence-corrected chi connectivity index (χ4v) is 3.45. The van der Waals surface area contributed by atoms with Crippen molar-refractivity contribution in [1.82, 2.24) is 9.80 Å². The first-order valence-electron chi connectivity index (χ1n) is 7.79. The maximum absolute atomic E-state index is 12.8. The molecular weight excluding hydrogens is 296 g/mol. The molecule has 6 nitrogen and oxygen atoms in total. The summed E-state index contributed by atoms with van der Waals surface area (Å²) in [6, 6.07) is 7.26. The molecule has 1 spiro atoms. The van der Waals surface area contributed by atoms with Gasteiger partial charge in [-0.2, -0.15) is 0 Å². The third kappa shape index (κ3) is 3.03. The maximum atomic E-state index is 12.8. The second-order valence-electron chi connectivity index (χ2n) is 6.42. The molecule has 2 amide bonds. The van der Waals surface area contributed by atoms with Gasteiger partial charge in [0.1, 0.15) is 12.4 Å². The van der Waals surface area contributed by atoms with Crippen LogP contribution in [-0.2, 0) is 9.53 Å². The van der Waals surface area contributed by atoms with Gasteiger partial charge in [0.2, 0.25) is 5.91 Å². The lowest BCUT2D eigenvalue weighted by molar-refractivity contribution is -0.132. The third-order valence-electron chi connectivity index (χ3n) is 4.70. The first-order valence-corrected chi connectivity index (χ1v) is 7.79. The van der Waals surface area contributed by atoms with Gasteiger partial charge in [0.05, 0.1) is 19.3 Å². The molecule has 1 aromatic rings. The van der Waals surface area contributed by atoms with Crippen LogP contribution in [0.25, 0.3) is 0 Å². The molecule has 23 heavy (non-hydrogen) atoms. The lowest BCUT2D eigenvalue weighted by Crippen LogP contribution is -2.41. The van der Waals surface area contributed by atoms with Gasteiger partial charge in [-0.15, -0.1) is 0 Å². The van der Waals surface area contributed by atoms with E-state index in [2.05, 4.69) is 0 Å². The molecule has 0 saturated carbocycles. The van der Waals surface area contributed by atoms with E-state index in [1.54, 1.807) is 31.2 Å². The molecule has 0 aliphatic carbocycles. The third-order valence-corrected chi connectivity index (χ3v) is 4.70. The molecule has 0 N–H and O–H groups in total. The molecule has 0 bridgehead atoms. The fraction of sp³-hybridized carbons (Fsp3) is 0.529. The van der Waals surface area contributed by atoms with Crippen LogP contribution in [0, 0.1) is 5.41 Å². The number of benzene rings is 1. The Morgan fingerprint density at radius 1 is 1.30 bits per heavy atom. The number of likely N-dealkylation sites (N-methyl/N-ethyl adjacent to an activating group) is 1. The van der Waals surface area contributed by atoms with Gasteiger partial charge in [0.25, 0.3) is 5.91 Å². The van der Waals surface area contributed by atoms with Crippen molar-refractivity contribution in [2.75, 3.05) is 47.0 Å². The van der Waals surface area contributed by atoms with Gasteiger partial charge >= 0.3 is 0 Å². The monoisotopic (exact) mass is 318 g/mol. The minimum atomic E-state index is -0.168. The van der Waals surface area contributed by atoms with Crippen LogP contribution in [0.4, 0.5) is 0 Å². The molecule has 1 aromatic carbocycles. The fourth-order valence-electron chi connectivity index (χ4n) is 3.45. The number of carbonyl (C=O) groups is 2. The number of likely N-dealkylation sites (tertiary alicyclic amines) is 1. The zero-order valence-electron chi connectivity index (χ0n) is 13.6. The predicted octanol–water partition coefficient (Wildman–Crippen LogP) is 1.02. The molecular formula is C17H22N2O4. The predicted molar refractivity (Wildman–Crippen MR) is 84.4 cm³/mol. The Morgan fingerprint density at radius 2 is 2.09 bits per heavy atom. The van der Waals surface area contributed by atoms with Crippen molar-refractivity contribution >= 4 is 11.8 Å². The number of rotatable bonds is 2. The maximum Gasteiger partial charge on any atom is 0.257 e. The minimum absolute atomic E-state index is 0.00335. The number of amides is 2. The summed E-state index contributed by atoms with van der Waals surface area (Å²) in [5, 5.41) is 0. The van der Waals surface area contributed by atoms with Crippen molar-refractivity contribution in [3.8, 4) is 5.75 Å². The minimum Gasteiger partial charge on any atom is -0.496 e. The number of carbonyl (C=O) groups excluding carboxylic acids is 2. The van der Waals surface area contributed by atoms with E-state index in [-0.39, 0.29) is 23.8 Å². The van der Waals surface area contributed by atoms with Crippen LogP contribution in [0.3, 0.4) is 0 Å². The number of hydrogen-bond donors (Lipinski definition) is 0. The molecule has 2 aliphatic heterocycles. The molecule has 2 heterocycles. The summed E-state index contributed by atoms with van der Waals surface area (Å²) in [6.45, 7) is 2.53. The highest BCUT2D eigenvalue weighted by Gasteiger charge is 2.43.